The lowest BCUT2D eigenvalue weighted by Crippen LogP contribution is -2.30. The maximum absolute atomic E-state index is 12.6. The number of hydrogen-bond acceptors (Lipinski definition) is 5. The van der Waals surface area contributed by atoms with E-state index in [1.165, 1.54) is 12.0 Å². The molecule has 3 heterocycles. The number of amides is 2. The molecule has 0 aliphatic carbocycles. The Hall–Kier alpha value is -2.90. The van der Waals surface area contributed by atoms with E-state index < -0.39 is 5.92 Å². The zero-order chi connectivity index (χ0) is 19.5. The number of nitrogens with one attached hydrogen (secondary N) is 2. The summed E-state index contributed by atoms with van der Waals surface area (Å²) in [7, 11) is 0. The van der Waals surface area contributed by atoms with Gasteiger partial charge in [-0.05, 0) is 43.4 Å². The minimum Gasteiger partial charge on any atom is -0.340 e. The quantitative estimate of drug-likeness (QED) is 0.828. The Morgan fingerprint density at radius 3 is 2.68 bits per heavy atom. The summed E-state index contributed by atoms with van der Waals surface area (Å²) in [6.45, 7) is 4.35. The van der Waals surface area contributed by atoms with E-state index in [4.69, 9.17) is 0 Å². The van der Waals surface area contributed by atoms with E-state index in [-0.39, 0.29) is 18.2 Å². The third-order valence-electron chi connectivity index (χ3n) is 5.51. The molecule has 0 radical (unpaired) electrons. The molecule has 0 saturated carbocycles. The number of aryl methyl sites for hydroxylation is 1. The van der Waals surface area contributed by atoms with Crippen molar-refractivity contribution in [3.63, 3.8) is 0 Å². The Balaban J connectivity index is 1.37. The van der Waals surface area contributed by atoms with Gasteiger partial charge in [0.2, 0.25) is 23.7 Å². The van der Waals surface area contributed by atoms with Gasteiger partial charge in [0.15, 0.2) is 0 Å². The predicted molar refractivity (Wildman–Crippen MR) is 107 cm³/mol. The number of aromatic nitrogens is 3. The minimum atomic E-state index is -0.401. The second kappa shape index (κ2) is 8.00. The van der Waals surface area contributed by atoms with Crippen molar-refractivity contribution in [1.82, 2.24) is 15.2 Å². The van der Waals surface area contributed by atoms with Gasteiger partial charge < -0.3 is 9.80 Å². The van der Waals surface area contributed by atoms with Crippen LogP contribution in [0, 0.1) is 5.92 Å². The van der Waals surface area contributed by atoms with E-state index >= 15 is 0 Å². The lowest BCUT2D eigenvalue weighted by Gasteiger charge is -2.24. The number of carbonyl (C=O) groups is 2. The van der Waals surface area contributed by atoms with Gasteiger partial charge in [-0.2, -0.15) is 4.98 Å². The first-order valence-electron chi connectivity index (χ1n) is 10.0. The third-order valence-corrected chi connectivity index (χ3v) is 5.51. The molecule has 0 spiro atoms. The van der Waals surface area contributed by atoms with Crippen molar-refractivity contribution in [3.05, 3.63) is 29.8 Å². The number of hydrogen-bond donors (Lipinski definition) is 2. The van der Waals surface area contributed by atoms with E-state index in [1.54, 1.807) is 4.90 Å². The SMILES string of the molecule is CCc1ccc(N2CC(C(=O)Nc3nc(N4CCCCC4)n[nH]3)CC2=O)cc1. The molecule has 4 rings (SSSR count). The molecule has 2 aromatic rings. The van der Waals surface area contributed by atoms with Crippen molar-refractivity contribution in [2.45, 2.75) is 39.0 Å². The summed E-state index contributed by atoms with van der Waals surface area (Å²) >= 11 is 0. The lowest BCUT2D eigenvalue weighted by atomic mass is 10.1. The molecule has 0 bridgehead atoms. The number of rotatable bonds is 5. The molecule has 2 amide bonds. The van der Waals surface area contributed by atoms with Crippen LogP contribution in [-0.4, -0.2) is 46.6 Å². The average Bonchev–Trinajstić information content (AvgIpc) is 3.35. The first-order chi connectivity index (χ1) is 13.6. The lowest BCUT2D eigenvalue weighted by molar-refractivity contribution is -0.122. The number of benzene rings is 1. The maximum Gasteiger partial charge on any atom is 0.246 e. The van der Waals surface area contributed by atoms with Gasteiger partial charge in [0.25, 0.3) is 0 Å². The highest BCUT2D eigenvalue weighted by molar-refractivity contribution is 6.03. The first kappa shape index (κ1) is 18.5. The maximum atomic E-state index is 12.6. The van der Waals surface area contributed by atoms with Crippen molar-refractivity contribution < 1.29 is 9.59 Å². The Bertz CT molecular complexity index is 841. The third kappa shape index (κ3) is 3.85. The van der Waals surface area contributed by atoms with Gasteiger partial charge in [0, 0.05) is 31.7 Å². The molecule has 2 aliphatic rings. The second-order valence-electron chi connectivity index (χ2n) is 7.45. The average molecular weight is 382 g/mol. The van der Waals surface area contributed by atoms with Crippen LogP contribution in [-0.2, 0) is 16.0 Å². The van der Waals surface area contributed by atoms with Crippen LogP contribution in [0.25, 0.3) is 0 Å². The largest absolute Gasteiger partial charge is 0.340 e. The van der Waals surface area contributed by atoms with Crippen LogP contribution in [0.2, 0.25) is 0 Å². The summed E-state index contributed by atoms with van der Waals surface area (Å²) in [5.74, 6) is 0.319. The normalized spacial score (nSPS) is 19.9. The molecule has 1 unspecified atom stereocenters. The van der Waals surface area contributed by atoms with Crippen LogP contribution in [0.3, 0.4) is 0 Å². The van der Waals surface area contributed by atoms with Crippen molar-refractivity contribution in [1.29, 1.82) is 0 Å². The number of piperidine rings is 1. The van der Waals surface area contributed by atoms with Gasteiger partial charge in [-0.1, -0.05) is 19.1 Å². The summed E-state index contributed by atoms with van der Waals surface area (Å²) < 4.78 is 0. The number of carbonyl (C=O) groups excluding carboxylic acids is 2. The van der Waals surface area contributed by atoms with E-state index in [0.717, 1.165) is 38.0 Å². The van der Waals surface area contributed by atoms with Crippen molar-refractivity contribution in [3.8, 4) is 0 Å². The fourth-order valence-corrected chi connectivity index (χ4v) is 3.81. The van der Waals surface area contributed by atoms with Crippen LogP contribution in [0.1, 0.15) is 38.2 Å². The summed E-state index contributed by atoms with van der Waals surface area (Å²) in [5.41, 5.74) is 2.06. The second-order valence-corrected chi connectivity index (χ2v) is 7.45. The molecule has 2 fully saturated rings. The number of anilines is 3. The van der Waals surface area contributed by atoms with E-state index in [9.17, 15) is 9.59 Å². The van der Waals surface area contributed by atoms with Gasteiger partial charge in [-0.25, -0.2) is 5.10 Å². The van der Waals surface area contributed by atoms with Crippen molar-refractivity contribution in [2.24, 2.45) is 5.92 Å². The zero-order valence-corrected chi connectivity index (χ0v) is 16.1. The molecule has 1 aromatic carbocycles. The Morgan fingerprint density at radius 2 is 1.96 bits per heavy atom. The fourth-order valence-electron chi connectivity index (χ4n) is 3.81. The zero-order valence-electron chi connectivity index (χ0n) is 16.1. The summed E-state index contributed by atoms with van der Waals surface area (Å²) in [5, 5.41) is 9.78. The molecule has 1 aromatic heterocycles. The Kier molecular flexibility index (Phi) is 5.27. The molecular formula is C20H26N6O2. The molecule has 1 atom stereocenters. The van der Waals surface area contributed by atoms with Crippen LogP contribution in [0.5, 0.6) is 0 Å². The smallest absolute Gasteiger partial charge is 0.246 e. The van der Waals surface area contributed by atoms with Gasteiger partial charge >= 0.3 is 0 Å². The molecule has 2 N–H and O–H groups in total. The highest BCUT2D eigenvalue weighted by Crippen LogP contribution is 2.26. The minimum absolute atomic E-state index is 0.0315. The van der Waals surface area contributed by atoms with E-state index in [1.807, 2.05) is 24.3 Å². The molecule has 8 nitrogen and oxygen atoms in total. The van der Waals surface area contributed by atoms with Crippen LogP contribution in [0.15, 0.2) is 24.3 Å². The van der Waals surface area contributed by atoms with Crippen LogP contribution < -0.4 is 15.1 Å². The van der Waals surface area contributed by atoms with Crippen molar-refractivity contribution in [2.75, 3.05) is 34.8 Å². The van der Waals surface area contributed by atoms with Gasteiger partial charge in [-0.15, -0.1) is 5.10 Å². The fraction of sp³-hybridized carbons (Fsp3) is 0.500. The van der Waals surface area contributed by atoms with Crippen LogP contribution in [0.4, 0.5) is 17.6 Å². The van der Waals surface area contributed by atoms with Crippen LogP contribution >= 0.6 is 0 Å². The predicted octanol–water partition coefficient (Wildman–Crippen LogP) is 2.35. The first-order valence-corrected chi connectivity index (χ1v) is 10.0. The van der Waals surface area contributed by atoms with Gasteiger partial charge in [0.05, 0.1) is 5.92 Å². The van der Waals surface area contributed by atoms with Gasteiger partial charge in [0.1, 0.15) is 0 Å². The Labute approximate surface area is 164 Å². The molecule has 2 aliphatic heterocycles. The number of nitrogens with zero attached hydrogens (tertiary/aromatic N) is 4. The van der Waals surface area contributed by atoms with Crippen molar-refractivity contribution >= 4 is 29.4 Å². The summed E-state index contributed by atoms with van der Waals surface area (Å²) in [6.07, 6.45) is 4.66. The Morgan fingerprint density at radius 1 is 1.21 bits per heavy atom. The molecule has 28 heavy (non-hydrogen) atoms. The standard InChI is InChI=1S/C20H26N6O2/c1-2-14-6-8-16(9-7-14)26-13-15(12-17(26)27)18(28)21-19-22-20(24-23-19)25-10-4-3-5-11-25/h6-9,15H,2-5,10-13H2,1H3,(H2,21,22,23,24,28). The van der Waals surface area contributed by atoms with E-state index in [0.29, 0.717) is 18.4 Å². The summed E-state index contributed by atoms with van der Waals surface area (Å²) in [6, 6.07) is 7.93. The molecule has 2 saturated heterocycles. The number of H-pyrrole nitrogens is 1. The van der Waals surface area contributed by atoms with E-state index in [2.05, 4.69) is 32.3 Å². The molecular weight excluding hydrogens is 356 g/mol. The molecule has 8 heteroatoms. The number of aromatic amines is 1. The van der Waals surface area contributed by atoms with Gasteiger partial charge in [-0.3, -0.25) is 14.9 Å². The highest BCUT2D eigenvalue weighted by Gasteiger charge is 2.35. The monoisotopic (exact) mass is 382 g/mol. The summed E-state index contributed by atoms with van der Waals surface area (Å²) in [4.78, 5) is 33.2. The topological polar surface area (TPSA) is 94.2 Å². The highest BCUT2D eigenvalue weighted by atomic mass is 16.2. The molecule has 148 valence electrons.